The van der Waals surface area contributed by atoms with Gasteiger partial charge in [-0.15, -0.1) is 0 Å². The van der Waals surface area contributed by atoms with E-state index in [1.807, 2.05) is 40.9 Å². The summed E-state index contributed by atoms with van der Waals surface area (Å²) in [5.41, 5.74) is 2.76. The van der Waals surface area contributed by atoms with E-state index in [1.165, 1.54) is 0 Å². The van der Waals surface area contributed by atoms with Crippen LogP contribution in [0.2, 0.25) is 0 Å². The van der Waals surface area contributed by atoms with Gasteiger partial charge in [-0.1, -0.05) is 12.1 Å². The number of para-hydroxylation sites is 1. The summed E-state index contributed by atoms with van der Waals surface area (Å²) in [5.74, 6) is 0.782. The molecule has 0 spiro atoms. The van der Waals surface area contributed by atoms with E-state index in [2.05, 4.69) is 10.1 Å². The molecule has 0 radical (unpaired) electrons. The van der Waals surface area contributed by atoms with E-state index in [0.29, 0.717) is 16.0 Å². The molecule has 0 aliphatic rings. The number of nitrogens with zero attached hydrogens (tertiary/aromatic N) is 2. The summed E-state index contributed by atoms with van der Waals surface area (Å²) in [6, 6.07) is 11.6. The Balaban J connectivity index is 2.33. The summed E-state index contributed by atoms with van der Waals surface area (Å²) in [6.07, 6.45) is 1.66. The van der Waals surface area contributed by atoms with Crippen LogP contribution in [0.4, 0.5) is 0 Å². The molecule has 1 N–H and O–H groups in total. The lowest BCUT2D eigenvalue weighted by Gasteiger charge is -2.08. The molecule has 0 saturated carbocycles. The Morgan fingerprint density at radius 1 is 1.26 bits per heavy atom. The lowest BCUT2D eigenvalue weighted by atomic mass is 10.1. The van der Waals surface area contributed by atoms with Crippen molar-refractivity contribution in [3.05, 3.63) is 47.4 Å². The summed E-state index contributed by atoms with van der Waals surface area (Å²) >= 11 is 0.332. The van der Waals surface area contributed by atoms with Crippen molar-refractivity contribution in [2.24, 2.45) is 0 Å². The Morgan fingerprint density at radius 2 is 2.11 bits per heavy atom. The third-order valence-electron chi connectivity index (χ3n) is 2.89. The molecule has 0 aliphatic heterocycles. The number of aromatic nitrogens is 3. The van der Waals surface area contributed by atoms with Crippen LogP contribution in [0.3, 0.4) is 0 Å². The molecule has 2 aromatic heterocycles. The molecule has 0 aliphatic carbocycles. The van der Waals surface area contributed by atoms with Crippen LogP contribution in [0.25, 0.3) is 16.8 Å². The number of hydrogen-bond acceptors (Lipinski definition) is 3. The van der Waals surface area contributed by atoms with E-state index < -0.39 is 0 Å². The summed E-state index contributed by atoms with van der Waals surface area (Å²) in [6.45, 7) is 0. The largest absolute Gasteiger partial charge is 0.496 e. The highest BCUT2D eigenvalue weighted by atomic mass is 32.1. The Labute approximate surface area is 112 Å². The van der Waals surface area contributed by atoms with Gasteiger partial charge < -0.3 is 4.74 Å². The number of hydrogen-bond donors (Lipinski definition) is 1. The van der Waals surface area contributed by atoms with Crippen molar-refractivity contribution in [3.8, 4) is 17.0 Å². The minimum Gasteiger partial charge on any atom is -0.496 e. The van der Waals surface area contributed by atoms with Gasteiger partial charge >= 0.3 is 0 Å². The summed E-state index contributed by atoms with van der Waals surface area (Å²) in [4.78, 5) is 4.02. The number of nitrogens with one attached hydrogen (secondary N) is 1. The van der Waals surface area contributed by atoms with Crippen LogP contribution in [0.5, 0.6) is 5.75 Å². The molecule has 1 aromatic carbocycles. The summed E-state index contributed by atoms with van der Waals surface area (Å²) < 4.78 is 18.4. The maximum Gasteiger partial charge on any atom is 0.241 e. The van der Waals surface area contributed by atoms with Crippen molar-refractivity contribution < 1.29 is 8.95 Å². The number of methoxy groups -OCH3 is 1. The first-order valence-corrected chi connectivity index (χ1v) is 6.40. The lowest BCUT2D eigenvalue weighted by molar-refractivity contribution is 0.416. The van der Waals surface area contributed by atoms with Gasteiger partial charge in [-0.25, -0.2) is 9.19 Å². The van der Waals surface area contributed by atoms with Crippen LogP contribution in [0.15, 0.2) is 42.6 Å². The minimum absolute atomic E-state index is 0.319. The fourth-order valence-electron chi connectivity index (χ4n) is 2.03. The van der Waals surface area contributed by atoms with Crippen molar-refractivity contribution in [2.75, 3.05) is 7.11 Å². The zero-order chi connectivity index (χ0) is 13.2. The van der Waals surface area contributed by atoms with E-state index in [0.717, 1.165) is 22.5 Å². The molecule has 6 heteroatoms. The van der Waals surface area contributed by atoms with Crippen LogP contribution in [-0.2, 0) is 11.3 Å². The monoisotopic (exact) mass is 273 g/mol. The number of rotatable bonds is 2. The Kier molecular flexibility index (Phi) is 2.92. The maximum atomic E-state index is 10.9. The van der Waals surface area contributed by atoms with Gasteiger partial charge in [0.25, 0.3) is 0 Å². The van der Waals surface area contributed by atoms with Crippen LogP contribution in [-0.4, -0.2) is 25.9 Å². The van der Waals surface area contributed by atoms with Gasteiger partial charge in [0.15, 0.2) is 0 Å². The average Bonchev–Trinajstić information content (AvgIpc) is 2.89. The van der Waals surface area contributed by atoms with Crippen LogP contribution in [0.1, 0.15) is 0 Å². The molecular formula is C13H11N3O2S. The molecular weight excluding hydrogens is 262 g/mol. The molecule has 0 amide bonds. The highest BCUT2D eigenvalue weighted by Gasteiger charge is 2.09. The van der Waals surface area contributed by atoms with Gasteiger partial charge in [0.2, 0.25) is 4.77 Å². The van der Waals surface area contributed by atoms with Crippen molar-refractivity contribution in [1.29, 1.82) is 0 Å². The number of aromatic amines is 1. The highest BCUT2D eigenvalue weighted by Crippen LogP contribution is 2.30. The van der Waals surface area contributed by atoms with Crippen molar-refractivity contribution in [3.63, 3.8) is 0 Å². The van der Waals surface area contributed by atoms with E-state index in [-0.39, 0.29) is 0 Å². The van der Waals surface area contributed by atoms with Crippen LogP contribution >= 0.6 is 0 Å². The number of benzene rings is 1. The zero-order valence-corrected chi connectivity index (χ0v) is 11.0. The lowest BCUT2D eigenvalue weighted by Crippen LogP contribution is -1.98. The van der Waals surface area contributed by atoms with Crippen LogP contribution in [0, 0.1) is 4.77 Å². The standard InChI is InChI=1S/C13H11N3O2S/c1-18-12-5-3-2-4-10(12)11-7-6-9-8-14-13(19-17)15-16(9)11/h2-8,15H,1H3. The van der Waals surface area contributed by atoms with Gasteiger partial charge in [0.1, 0.15) is 17.0 Å². The van der Waals surface area contributed by atoms with Crippen LogP contribution < -0.4 is 4.74 Å². The van der Waals surface area contributed by atoms with Gasteiger partial charge in [-0.3, -0.25) is 9.61 Å². The van der Waals surface area contributed by atoms with E-state index in [1.54, 1.807) is 13.3 Å². The molecule has 0 saturated heterocycles. The van der Waals surface area contributed by atoms with E-state index >= 15 is 0 Å². The van der Waals surface area contributed by atoms with Gasteiger partial charge in [-0.05, 0) is 24.3 Å². The second-order valence-corrected chi connectivity index (χ2v) is 4.49. The fraction of sp³-hybridized carbons (Fsp3) is 0.0769. The topological polar surface area (TPSA) is 59.4 Å². The molecule has 3 rings (SSSR count). The Hall–Kier alpha value is -2.34. The highest BCUT2D eigenvalue weighted by molar-refractivity contribution is 7.56. The molecule has 19 heavy (non-hydrogen) atoms. The molecule has 0 bridgehead atoms. The Morgan fingerprint density at radius 3 is 2.89 bits per heavy atom. The number of H-pyrrole nitrogens is 1. The average molecular weight is 273 g/mol. The molecule has 0 atom stereocenters. The first-order chi connectivity index (χ1) is 9.33. The van der Waals surface area contributed by atoms with E-state index in [4.69, 9.17) is 4.74 Å². The second-order valence-electron chi connectivity index (χ2n) is 3.94. The van der Waals surface area contributed by atoms with Crippen molar-refractivity contribution in [1.82, 2.24) is 14.6 Å². The first-order valence-electron chi connectivity index (χ1n) is 5.66. The molecule has 3 aromatic rings. The normalized spacial score (nSPS) is 10.6. The van der Waals surface area contributed by atoms with Crippen molar-refractivity contribution >= 4 is 16.8 Å². The smallest absolute Gasteiger partial charge is 0.241 e. The Bertz CT molecular complexity index is 831. The molecule has 5 nitrogen and oxygen atoms in total. The summed E-state index contributed by atoms with van der Waals surface area (Å²) in [5, 5.41) is 2.98. The van der Waals surface area contributed by atoms with Gasteiger partial charge in [0.05, 0.1) is 24.5 Å². The first kappa shape index (κ1) is 11.7. The number of ether oxygens (including phenoxy) is 1. The maximum absolute atomic E-state index is 10.9. The third kappa shape index (κ3) is 1.96. The van der Waals surface area contributed by atoms with Gasteiger partial charge in [-0.2, -0.15) is 0 Å². The predicted octanol–water partition coefficient (Wildman–Crippen LogP) is 2.08. The quantitative estimate of drug-likeness (QED) is 0.727. The zero-order valence-electron chi connectivity index (χ0n) is 10.2. The number of fused-ring (bicyclic) bond motifs is 1. The second kappa shape index (κ2) is 4.74. The fourth-order valence-corrected chi connectivity index (χ4v) is 2.26. The molecule has 96 valence electrons. The molecule has 2 heterocycles. The minimum atomic E-state index is 0.319. The third-order valence-corrected chi connectivity index (χ3v) is 3.25. The SMILES string of the molecule is COc1ccccc1-c1ccc2cnc(=S=O)[nH]n12. The van der Waals surface area contributed by atoms with Gasteiger partial charge in [0, 0.05) is 5.56 Å². The molecule has 0 unspecified atom stereocenters. The predicted molar refractivity (Wildman–Crippen MR) is 72.9 cm³/mol. The summed E-state index contributed by atoms with van der Waals surface area (Å²) in [7, 11) is 1.64. The molecule has 0 fully saturated rings. The van der Waals surface area contributed by atoms with Crippen molar-refractivity contribution in [2.45, 2.75) is 0 Å². The van der Waals surface area contributed by atoms with E-state index in [9.17, 15) is 4.21 Å².